The highest BCUT2D eigenvalue weighted by molar-refractivity contribution is 7.16. The Morgan fingerprint density at radius 3 is 2.76 bits per heavy atom. The lowest BCUT2D eigenvalue weighted by molar-refractivity contribution is 0.672. The van der Waals surface area contributed by atoms with Gasteiger partial charge in [0.15, 0.2) is 0 Å². The van der Waals surface area contributed by atoms with E-state index in [2.05, 4.69) is 40.7 Å². The second-order valence-corrected chi connectivity index (χ2v) is 7.64. The fraction of sp³-hybridized carbons (Fsp3) is 0.312. The van der Waals surface area contributed by atoms with Gasteiger partial charge >= 0.3 is 0 Å². The van der Waals surface area contributed by atoms with Crippen LogP contribution in [0.2, 0.25) is 4.34 Å². The third kappa shape index (κ3) is 3.10. The van der Waals surface area contributed by atoms with Gasteiger partial charge in [-0.25, -0.2) is 4.98 Å². The van der Waals surface area contributed by atoms with Crippen molar-refractivity contribution in [3.63, 3.8) is 0 Å². The number of aryl methyl sites for hydroxylation is 3. The second-order valence-electron chi connectivity index (χ2n) is 5.19. The van der Waals surface area contributed by atoms with E-state index in [9.17, 15) is 0 Å². The summed E-state index contributed by atoms with van der Waals surface area (Å²) in [6.07, 6.45) is 0.938. The van der Waals surface area contributed by atoms with Crippen LogP contribution >= 0.6 is 34.5 Å². The number of nitrogens with zero attached hydrogens (tertiary/aromatic N) is 2. The first-order chi connectivity index (χ1) is 10.0. The van der Waals surface area contributed by atoms with Gasteiger partial charge in [0.1, 0.15) is 5.82 Å². The zero-order valence-corrected chi connectivity index (χ0v) is 14.3. The predicted octanol–water partition coefficient (Wildman–Crippen LogP) is 5.60. The minimum Gasteiger partial charge on any atom is -0.326 e. The number of imidazole rings is 1. The Hall–Kier alpha value is -1.03. The van der Waals surface area contributed by atoms with Crippen LogP contribution in [0, 0.1) is 6.92 Å². The van der Waals surface area contributed by atoms with E-state index in [0.29, 0.717) is 0 Å². The van der Waals surface area contributed by atoms with Crippen LogP contribution in [0.15, 0.2) is 30.3 Å². The number of fused-ring (bicyclic) bond motifs is 1. The summed E-state index contributed by atoms with van der Waals surface area (Å²) in [4.78, 5) is 5.96. The van der Waals surface area contributed by atoms with Crippen molar-refractivity contribution in [2.45, 2.75) is 32.2 Å². The summed E-state index contributed by atoms with van der Waals surface area (Å²) < 4.78 is 3.07. The Morgan fingerprint density at radius 1 is 1.29 bits per heavy atom. The molecule has 0 aliphatic heterocycles. The summed E-state index contributed by atoms with van der Waals surface area (Å²) in [7, 11) is 0. The highest BCUT2D eigenvalue weighted by Crippen LogP contribution is 2.27. The zero-order valence-electron chi connectivity index (χ0n) is 11.9. The molecule has 0 aliphatic rings. The Kier molecular flexibility index (Phi) is 4.25. The molecular formula is C16H16Cl2N2S. The van der Waals surface area contributed by atoms with Gasteiger partial charge in [0.2, 0.25) is 0 Å². The number of hydrogen-bond acceptors (Lipinski definition) is 2. The van der Waals surface area contributed by atoms with Gasteiger partial charge in [0.05, 0.1) is 20.7 Å². The van der Waals surface area contributed by atoms with E-state index in [0.717, 1.165) is 34.2 Å². The van der Waals surface area contributed by atoms with Crippen molar-refractivity contribution < 1.29 is 0 Å². The Labute approximate surface area is 138 Å². The molecule has 3 aromatic rings. The Balaban J connectivity index is 1.98. The van der Waals surface area contributed by atoms with Crippen LogP contribution < -0.4 is 0 Å². The Bertz CT molecular complexity index is 774. The van der Waals surface area contributed by atoms with Crippen molar-refractivity contribution in [1.29, 1.82) is 0 Å². The summed E-state index contributed by atoms with van der Waals surface area (Å²) >= 11 is 13.9. The molecule has 0 radical (unpaired) electrons. The SMILES string of the molecule is Cc1ccc2nc(C(C)Cl)n(CCc3ccc(Cl)s3)c2c1. The van der Waals surface area contributed by atoms with Crippen LogP contribution in [-0.2, 0) is 13.0 Å². The van der Waals surface area contributed by atoms with Gasteiger partial charge in [-0.1, -0.05) is 17.7 Å². The molecule has 0 amide bonds. The van der Waals surface area contributed by atoms with Crippen molar-refractivity contribution in [3.8, 4) is 0 Å². The van der Waals surface area contributed by atoms with E-state index < -0.39 is 0 Å². The van der Waals surface area contributed by atoms with Gasteiger partial charge in [-0.05, 0) is 50.1 Å². The van der Waals surface area contributed by atoms with E-state index in [-0.39, 0.29) is 5.38 Å². The molecule has 1 aromatic carbocycles. The molecule has 0 aliphatic carbocycles. The molecule has 0 N–H and O–H groups in total. The third-order valence-electron chi connectivity index (χ3n) is 3.50. The van der Waals surface area contributed by atoms with Crippen molar-refractivity contribution >= 4 is 45.6 Å². The summed E-state index contributed by atoms with van der Waals surface area (Å²) in [5.74, 6) is 0.930. The predicted molar refractivity (Wildman–Crippen MR) is 91.8 cm³/mol. The zero-order chi connectivity index (χ0) is 15.0. The topological polar surface area (TPSA) is 17.8 Å². The number of aromatic nitrogens is 2. The van der Waals surface area contributed by atoms with Gasteiger partial charge in [-0.2, -0.15) is 0 Å². The third-order valence-corrected chi connectivity index (χ3v) is 4.99. The van der Waals surface area contributed by atoms with Gasteiger partial charge in [-0.3, -0.25) is 0 Å². The summed E-state index contributed by atoms with van der Waals surface area (Å²) in [5, 5.41) is -0.107. The summed E-state index contributed by atoms with van der Waals surface area (Å²) in [6, 6.07) is 10.4. The largest absolute Gasteiger partial charge is 0.326 e. The van der Waals surface area contributed by atoms with Crippen molar-refractivity contribution in [1.82, 2.24) is 9.55 Å². The second kappa shape index (κ2) is 5.99. The molecule has 3 rings (SSSR count). The number of thiophene rings is 1. The van der Waals surface area contributed by atoms with Crippen LogP contribution in [0.4, 0.5) is 0 Å². The van der Waals surface area contributed by atoms with E-state index in [1.807, 2.05) is 13.0 Å². The normalized spacial score (nSPS) is 13.0. The number of alkyl halides is 1. The van der Waals surface area contributed by atoms with Crippen LogP contribution in [0.25, 0.3) is 11.0 Å². The fourth-order valence-corrected chi connectivity index (χ4v) is 3.74. The molecule has 1 atom stereocenters. The highest BCUT2D eigenvalue weighted by atomic mass is 35.5. The number of rotatable bonds is 4. The Morgan fingerprint density at radius 2 is 2.10 bits per heavy atom. The minimum absolute atomic E-state index is 0.107. The molecule has 5 heteroatoms. The average Bonchev–Trinajstić information content (AvgIpc) is 3.00. The number of halogens is 2. The van der Waals surface area contributed by atoms with Crippen molar-refractivity contribution in [2.24, 2.45) is 0 Å². The number of benzene rings is 1. The molecule has 0 bridgehead atoms. The first-order valence-corrected chi connectivity index (χ1v) is 8.53. The molecule has 2 nitrogen and oxygen atoms in total. The fourth-order valence-electron chi connectivity index (χ4n) is 2.50. The quantitative estimate of drug-likeness (QED) is 0.566. The maximum atomic E-state index is 6.30. The van der Waals surface area contributed by atoms with Gasteiger partial charge in [0.25, 0.3) is 0 Å². The molecule has 0 spiro atoms. The van der Waals surface area contributed by atoms with Crippen LogP contribution in [-0.4, -0.2) is 9.55 Å². The van der Waals surface area contributed by atoms with Crippen LogP contribution in [0.3, 0.4) is 0 Å². The highest BCUT2D eigenvalue weighted by Gasteiger charge is 2.15. The van der Waals surface area contributed by atoms with E-state index in [1.165, 1.54) is 10.4 Å². The molecule has 110 valence electrons. The van der Waals surface area contributed by atoms with Crippen molar-refractivity contribution in [3.05, 3.63) is 50.9 Å². The average molecular weight is 339 g/mol. The van der Waals surface area contributed by atoms with Crippen LogP contribution in [0.1, 0.15) is 28.6 Å². The monoisotopic (exact) mass is 338 g/mol. The standard InChI is InChI=1S/C16H16Cl2N2S/c1-10-3-5-13-14(9-10)20(16(19-13)11(2)17)8-7-12-4-6-15(18)21-12/h3-6,9,11H,7-8H2,1-2H3. The molecule has 0 fully saturated rings. The lowest BCUT2D eigenvalue weighted by atomic mass is 10.2. The molecule has 21 heavy (non-hydrogen) atoms. The molecule has 2 heterocycles. The molecule has 2 aromatic heterocycles. The molecular weight excluding hydrogens is 323 g/mol. The minimum atomic E-state index is -0.107. The van der Waals surface area contributed by atoms with Gasteiger partial charge in [-0.15, -0.1) is 22.9 Å². The van der Waals surface area contributed by atoms with Gasteiger partial charge < -0.3 is 4.57 Å². The maximum absolute atomic E-state index is 6.30. The smallest absolute Gasteiger partial charge is 0.127 e. The van der Waals surface area contributed by atoms with Gasteiger partial charge in [0, 0.05) is 11.4 Å². The lowest BCUT2D eigenvalue weighted by Gasteiger charge is -2.10. The maximum Gasteiger partial charge on any atom is 0.127 e. The summed E-state index contributed by atoms with van der Waals surface area (Å²) in [6.45, 7) is 4.93. The molecule has 0 saturated carbocycles. The van der Waals surface area contributed by atoms with E-state index in [4.69, 9.17) is 23.2 Å². The number of hydrogen-bond donors (Lipinski definition) is 0. The first-order valence-electron chi connectivity index (χ1n) is 6.89. The molecule has 0 saturated heterocycles. The van der Waals surface area contributed by atoms with Crippen molar-refractivity contribution in [2.75, 3.05) is 0 Å². The van der Waals surface area contributed by atoms with E-state index in [1.54, 1.807) is 11.3 Å². The van der Waals surface area contributed by atoms with Crippen LogP contribution in [0.5, 0.6) is 0 Å². The summed E-state index contributed by atoms with van der Waals surface area (Å²) in [5.41, 5.74) is 3.39. The first kappa shape index (κ1) is 14.9. The molecule has 1 unspecified atom stereocenters. The van der Waals surface area contributed by atoms with E-state index >= 15 is 0 Å². The lowest BCUT2D eigenvalue weighted by Crippen LogP contribution is -2.06.